The van der Waals surface area contributed by atoms with Gasteiger partial charge < -0.3 is 25.7 Å². The summed E-state index contributed by atoms with van der Waals surface area (Å²) in [5.74, 6) is 1.71. The summed E-state index contributed by atoms with van der Waals surface area (Å²) < 4.78 is 6.06. The number of ether oxygens (including phenoxy) is 1. The summed E-state index contributed by atoms with van der Waals surface area (Å²) >= 11 is 1.48. The lowest BCUT2D eigenvalue weighted by molar-refractivity contribution is -0.376. The zero-order valence-electron chi connectivity index (χ0n) is 20.2. The molecular formula is C26H31N6O2S+. The monoisotopic (exact) mass is 491 g/mol. The summed E-state index contributed by atoms with van der Waals surface area (Å²) in [5.41, 5.74) is 7.31. The molecule has 4 N–H and O–H groups in total. The van der Waals surface area contributed by atoms with Crippen LogP contribution >= 0.6 is 11.3 Å². The molecule has 5 rings (SSSR count). The Morgan fingerprint density at radius 2 is 2.03 bits per heavy atom. The number of aryl methyl sites for hydroxylation is 1. The number of fused-ring (bicyclic) bond motifs is 3. The predicted molar refractivity (Wildman–Crippen MR) is 138 cm³/mol. The van der Waals surface area contributed by atoms with Crippen LogP contribution in [0.1, 0.15) is 32.9 Å². The first-order chi connectivity index (χ1) is 16.9. The molecule has 0 bridgehead atoms. The number of benzene rings is 1. The maximum atomic E-state index is 13.4. The Kier molecular flexibility index (Phi) is 6.29. The Balaban J connectivity index is 1.35. The predicted octanol–water partition coefficient (Wildman–Crippen LogP) is 2.56. The Morgan fingerprint density at radius 3 is 2.74 bits per heavy atom. The van der Waals surface area contributed by atoms with Crippen molar-refractivity contribution in [2.45, 2.75) is 25.7 Å². The molecule has 0 saturated carbocycles. The number of nitrogens with zero attached hydrogens (tertiary/aromatic N) is 4. The fourth-order valence-electron chi connectivity index (χ4n) is 4.55. The van der Waals surface area contributed by atoms with Crippen LogP contribution in [0.2, 0.25) is 0 Å². The van der Waals surface area contributed by atoms with Crippen molar-refractivity contribution in [2.75, 3.05) is 44.2 Å². The standard InChI is InChI=1S/C26H30N6O2S/c1-17-4-3-5-22(29-17)31-9-11-32(12-10-31)25(33)24-30-23-19-7-6-18(26(2,15-27)16-28)14-20(19)34-13-8-21(23)35-24/h3-7,14-15,27H,8-13,16,28H2,1-2H3/p+1. The molecule has 1 fully saturated rings. The van der Waals surface area contributed by atoms with Crippen LogP contribution in [0.4, 0.5) is 5.82 Å². The smallest absolute Gasteiger partial charge is 0.282 e. The number of anilines is 1. The van der Waals surface area contributed by atoms with Crippen LogP contribution in [0.25, 0.3) is 11.3 Å². The number of pyridine rings is 1. The van der Waals surface area contributed by atoms with Crippen molar-refractivity contribution in [3.05, 3.63) is 57.5 Å². The van der Waals surface area contributed by atoms with Gasteiger partial charge in [-0.1, -0.05) is 12.1 Å². The maximum Gasteiger partial charge on any atom is 0.282 e. The molecular weight excluding hydrogens is 460 g/mol. The normalized spacial score (nSPS) is 17.0. The molecule has 8 nitrogen and oxygen atoms in total. The minimum absolute atomic E-state index is 0.00699. The first kappa shape index (κ1) is 23.4. The topological polar surface area (TPSA) is 110 Å². The number of nitrogens with one attached hydrogen (secondary N) is 1. The van der Waals surface area contributed by atoms with Gasteiger partial charge >= 0.3 is 0 Å². The van der Waals surface area contributed by atoms with Crippen LogP contribution in [0.3, 0.4) is 0 Å². The lowest BCUT2D eigenvalue weighted by Crippen LogP contribution is -2.59. The summed E-state index contributed by atoms with van der Waals surface area (Å²) in [6.45, 7) is 7.92. The number of amides is 1. The molecule has 1 saturated heterocycles. The van der Waals surface area contributed by atoms with Crippen molar-refractivity contribution in [2.24, 2.45) is 0 Å². The van der Waals surface area contributed by atoms with E-state index in [1.54, 1.807) is 0 Å². The zero-order chi connectivity index (χ0) is 24.6. The average molecular weight is 492 g/mol. The van der Waals surface area contributed by atoms with Gasteiger partial charge in [-0.3, -0.25) is 4.79 Å². The van der Waals surface area contributed by atoms with Crippen LogP contribution in [-0.4, -0.2) is 66.3 Å². The van der Waals surface area contributed by atoms with Gasteiger partial charge in [-0.05, 0) is 43.7 Å². The van der Waals surface area contributed by atoms with Gasteiger partial charge in [-0.2, -0.15) is 0 Å². The van der Waals surface area contributed by atoms with Gasteiger partial charge in [-0.25, -0.2) is 9.97 Å². The molecule has 1 amide bonds. The van der Waals surface area contributed by atoms with Crippen LogP contribution in [0.15, 0.2) is 36.4 Å². The van der Waals surface area contributed by atoms with Gasteiger partial charge in [0.05, 0.1) is 24.3 Å². The van der Waals surface area contributed by atoms with E-state index in [1.807, 2.05) is 55.1 Å². The number of thiazole rings is 1. The minimum atomic E-state index is -0.438. The van der Waals surface area contributed by atoms with Gasteiger partial charge in [0.25, 0.3) is 5.91 Å². The molecule has 0 radical (unpaired) electrons. The number of hydrogen-bond donors (Lipinski definition) is 2. The van der Waals surface area contributed by atoms with Crippen LogP contribution in [0, 0.1) is 12.3 Å². The number of rotatable bonds is 5. The van der Waals surface area contributed by atoms with Crippen LogP contribution in [0.5, 0.6) is 5.75 Å². The molecule has 3 aromatic rings. The van der Waals surface area contributed by atoms with E-state index in [9.17, 15) is 4.79 Å². The molecule has 2 aromatic heterocycles. The van der Waals surface area contributed by atoms with Crippen molar-refractivity contribution >= 4 is 29.3 Å². The van der Waals surface area contributed by atoms with E-state index in [4.69, 9.17) is 15.1 Å². The fraction of sp³-hybridized carbons (Fsp3) is 0.385. The lowest BCUT2D eigenvalue weighted by Gasteiger charge is -2.35. The number of aromatic nitrogens is 2. The van der Waals surface area contributed by atoms with Crippen molar-refractivity contribution < 1.29 is 15.3 Å². The number of quaternary nitrogens is 1. The van der Waals surface area contributed by atoms with Crippen molar-refractivity contribution in [1.82, 2.24) is 14.9 Å². The molecule has 9 heteroatoms. The summed E-state index contributed by atoms with van der Waals surface area (Å²) in [5, 5.41) is 8.39. The van der Waals surface area contributed by atoms with E-state index < -0.39 is 5.41 Å². The molecule has 2 aliphatic rings. The number of carbonyl (C=O) groups is 1. The Labute approximate surface area is 209 Å². The molecule has 0 aliphatic carbocycles. The highest BCUT2D eigenvalue weighted by Crippen LogP contribution is 2.39. The molecule has 0 spiro atoms. The Hall–Kier alpha value is -3.30. The third-order valence-corrected chi connectivity index (χ3v) is 8.07. The van der Waals surface area contributed by atoms with E-state index >= 15 is 0 Å². The van der Waals surface area contributed by atoms with Gasteiger partial charge in [0.2, 0.25) is 0 Å². The van der Waals surface area contributed by atoms with E-state index in [0.717, 1.165) is 52.0 Å². The van der Waals surface area contributed by atoms with E-state index in [-0.39, 0.29) is 5.91 Å². The second kappa shape index (κ2) is 9.39. The fourth-order valence-corrected chi connectivity index (χ4v) is 5.57. The van der Waals surface area contributed by atoms with Crippen molar-refractivity contribution in [3.8, 4) is 17.0 Å². The summed E-state index contributed by atoms with van der Waals surface area (Å²) in [4.78, 5) is 28.0. The van der Waals surface area contributed by atoms with Gasteiger partial charge in [0.15, 0.2) is 5.01 Å². The quantitative estimate of drug-likeness (QED) is 0.533. The molecule has 35 heavy (non-hydrogen) atoms. The Morgan fingerprint density at radius 1 is 1.23 bits per heavy atom. The second-order valence-corrected chi connectivity index (χ2v) is 10.4. The first-order valence-electron chi connectivity index (χ1n) is 12.0. The lowest BCUT2D eigenvalue weighted by atomic mass is 9.83. The summed E-state index contributed by atoms with van der Waals surface area (Å²) in [7, 11) is 0. The number of piperazine rings is 1. The largest absolute Gasteiger partial charge is 0.492 e. The van der Waals surface area contributed by atoms with E-state index in [1.165, 1.54) is 17.6 Å². The van der Waals surface area contributed by atoms with Gasteiger partial charge in [-0.15, -0.1) is 11.3 Å². The molecule has 1 aromatic carbocycles. The average Bonchev–Trinajstić information content (AvgIpc) is 3.24. The SMILES string of the molecule is Cc1cccc(N2CCN(C(=O)c3nc4c(s3)CCOc3cc(C(C)(C=N)C[NH3+])ccc3-4)CC2)n1. The van der Waals surface area contributed by atoms with Crippen LogP contribution < -0.4 is 15.4 Å². The van der Waals surface area contributed by atoms with Crippen molar-refractivity contribution in [3.63, 3.8) is 0 Å². The molecule has 182 valence electrons. The Bertz CT molecular complexity index is 1270. The number of hydrogen-bond acceptors (Lipinski definition) is 7. The minimum Gasteiger partial charge on any atom is -0.492 e. The molecule has 4 heterocycles. The van der Waals surface area contributed by atoms with Gasteiger partial charge in [0, 0.05) is 54.9 Å². The summed E-state index contributed by atoms with van der Waals surface area (Å²) in [6.07, 6.45) is 2.16. The highest BCUT2D eigenvalue weighted by Gasteiger charge is 2.30. The number of carbonyl (C=O) groups excluding carboxylic acids is 1. The van der Waals surface area contributed by atoms with Crippen LogP contribution in [-0.2, 0) is 11.8 Å². The van der Waals surface area contributed by atoms with E-state index in [2.05, 4.69) is 15.6 Å². The molecule has 2 aliphatic heterocycles. The third-order valence-electron chi connectivity index (χ3n) is 6.97. The summed E-state index contributed by atoms with van der Waals surface area (Å²) in [6, 6.07) is 12.1. The van der Waals surface area contributed by atoms with E-state index in [0.29, 0.717) is 37.7 Å². The first-order valence-corrected chi connectivity index (χ1v) is 12.8. The molecule has 1 unspecified atom stereocenters. The second-order valence-electron chi connectivity index (χ2n) is 9.33. The maximum absolute atomic E-state index is 13.4. The zero-order valence-corrected chi connectivity index (χ0v) is 21.0. The highest BCUT2D eigenvalue weighted by atomic mass is 32.1. The highest BCUT2D eigenvalue weighted by molar-refractivity contribution is 7.14. The van der Waals surface area contributed by atoms with Gasteiger partial charge in [0.1, 0.15) is 11.6 Å². The third kappa shape index (κ3) is 4.41. The van der Waals surface area contributed by atoms with Crippen molar-refractivity contribution in [1.29, 1.82) is 5.41 Å². The molecule has 1 atom stereocenters.